The summed E-state index contributed by atoms with van der Waals surface area (Å²) >= 11 is 0. The van der Waals surface area contributed by atoms with Crippen LogP contribution in [0.15, 0.2) is 49.2 Å². The van der Waals surface area contributed by atoms with Gasteiger partial charge in [-0.15, -0.1) is 35.0 Å². The summed E-state index contributed by atoms with van der Waals surface area (Å²) in [6.45, 7) is 3.57. The van der Waals surface area contributed by atoms with Crippen LogP contribution in [-0.2, 0) is 31.2 Å². The molecule has 4 atom stereocenters. The SMILES string of the molecule is CCn1nnc([C@H]2O[C@@H](n3cnc4c(NCCc5ccccc5)nc(NCCc5cn(C)cn5)nc43)[C@H](O)[C@@H]2O)n1.Cl.Cl. The van der Waals surface area contributed by atoms with E-state index in [1.807, 2.05) is 42.9 Å². The first-order valence-corrected chi connectivity index (χ1v) is 13.5. The third-order valence-corrected chi connectivity index (χ3v) is 6.91. The molecule has 1 aliphatic heterocycles. The van der Waals surface area contributed by atoms with Gasteiger partial charge >= 0.3 is 0 Å². The van der Waals surface area contributed by atoms with Crippen LogP contribution < -0.4 is 10.6 Å². The Labute approximate surface area is 259 Å². The number of aliphatic hydroxyl groups is 2. The van der Waals surface area contributed by atoms with Crippen LogP contribution in [0.3, 0.4) is 0 Å². The molecule has 4 aromatic heterocycles. The van der Waals surface area contributed by atoms with Gasteiger partial charge in [0, 0.05) is 32.8 Å². The fourth-order valence-corrected chi connectivity index (χ4v) is 4.78. The molecule has 4 N–H and O–H groups in total. The normalized spacial score (nSPS) is 19.6. The number of aryl methyl sites for hydroxylation is 2. The molecule has 230 valence electrons. The lowest BCUT2D eigenvalue weighted by atomic mass is 10.1. The van der Waals surface area contributed by atoms with Gasteiger partial charge in [0.15, 0.2) is 29.3 Å². The summed E-state index contributed by atoms with van der Waals surface area (Å²) in [5, 5.41) is 40.6. The van der Waals surface area contributed by atoms with Crippen molar-refractivity contribution in [1.29, 1.82) is 0 Å². The van der Waals surface area contributed by atoms with E-state index in [0.717, 1.165) is 12.1 Å². The average Bonchev–Trinajstić information content (AvgIpc) is 3.77. The Morgan fingerprint density at radius 2 is 1.74 bits per heavy atom. The Balaban J connectivity index is 0.00000212. The van der Waals surface area contributed by atoms with Gasteiger partial charge in [0.25, 0.3) is 0 Å². The highest BCUT2D eigenvalue weighted by Gasteiger charge is 2.47. The third kappa shape index (κ3) is 6.86. The van der Waals surface area contributed by atoms with E-state index < -0.39 is 24.5 Å². The van der Waals surface area contributed by atoms with Crippen molar-refractivity contribution in [2.45, 2.75) is 50.8 Å². The van der Waals surface area contributed by atoms with Crippen molar-refractivity contribution in [1.82, 2.24) is 49.3 Å². The Morgan fingerprint density at radius 1 is 0.953 bits per heavy atom. The minimum absolute atomic E-state index is 0. The summed E-state index contributed by atoms with van der Waals surface area (Å²) in [5.41, 5.74) is 3.09. The second-order valence-electron chi connectivity index (χ2n) is 9.85. The summed E-state index contributed by atoms with van der Waals surface area (Å²) in [4.78, 5) is 19.7. The minimum Gasteiger partial charge on any atom is -0.387 e. The summed E-state index contributed by atoms with van der Waals surface area (Å²) in [6, 6.07) is 10.2. The van der Waals surface area contributed by atoms with Crippen LogP contribution in [0.2, 0.25) is 0 Å². The van der Waals surface area contributed by atoms with E-state index in [-0.39, 0.29) is 30.6 Å². The number of fused-ring (bicyclic) bond motifs is 1. The number of nitrogens with zero attached hydrogens (tertiary/aromatic N) is 10. The maximum Gasteiger partial charge on any atom is 0.226 e. The number of imidazole rings is 2. The number of aliphatic hydroxyl groups excluding tert-OH is 2. The molecular weight excluding hydrogens is 599 g/mol. The average molecular weight is 634 g/mol. The molecule has 43 heavy (non-hydrogen) atoms. The van der Waals surface area contributed by atoms with E-state index in [0.29, 0.717) is 49.0 Å². The second-order valence-corrected chi connectivity index (χ2v) is 9.85. The molecule has 1 saturated heterocycles. The Kier molecular flexibility index (Phi) is 10.5. The molecule has 0 aliphatic carbocycles. The van der Waals surface area contributed by atoms with Crippen LogP contribution in [0, 0.1) is 0 Å². The van der Waals surface area contributed by atoms with Crippen molar-refractivity contribution < 1.29 is 14.9 Å². The Hall–Kier alpha value is -3.89. The molecule has 5 aromatic rings. The standard InChI is InChI=1S/C26H32N12O3.2ClH/c1-3-38-34-23(33-35-38)21-19(39)20(40)25(41-21)37-15-30-18-22(27-11-9-16-7-5-4-6-8-16)31-26(32-24(18)37)28-12-10-17-13-36(2)14-29-17;;/h4-8,13-15,19-21,25,39-40H,3,9-12H2,1-2H3,(H2,27,28,31,32);2*1H/t19-,20+,21-,25+;;/m0../s1. The predicted octanol–water partition coefficient (Wildman–Crippen LogP) is 1.71. The zero-order chi connectivity index (χ0) is 28.3. The van der Waals surface area contributed by atoms with Gasteiger partial charge in [0.05, 0.1) is 24.9 Å². The maximum atomic E-state index is 11.0. The number of nitrogens with one attached hydrogen (secondary N) is 2. The molecular formula is C26H34Cl2N12O3. The monoisotopic (exact) mass is 632 g/mol. The molecule has 0 saturated carbocycles. The molecule has 0 spiro atoms. The first kappa shape index (κ1) is 32.0. The van der Waals surface area contributed by atoms with Gasteiger partial charge in [-0.25, -0.2) is 9.97 Å². The molecule has 0 amide bonds. The lowest BCUT2D eigenvalue weighted by Crippen LogP contribution is -2.29. The summed E-state index contributed by atoms with van der Waals surface area (Å²) < 4.78 is 9.57. The van der Waals surface area contributed by atoms with Crippen LogP contribution in [0.5, 0.6) is 0 Å². The Morgan fingerprint density at radius 3 is 2.47 bits per heavy atom. The third-order valence-electron chi connectivity index (χ3n) is 6.91. The summed E-state index contributed by atoms with van der Waals surface area (Å²) in [7, 11) is 1.93. The van der Waals surface area contributed by atoms with Gasteiger partial charge in [-0.05, 0) is 24.1 Å². The summed E-state index contributed by atoms with van der Waals surface area (Å²) in [5.74, 6) is 1.12. The zero-order valence-electron chi connectivity index (χ0n) is 23.6. The fourth-order valence-electron chi connectivity index (χ4n) is 4.78. The maximum absolute atomic E-state index is 11.0. The zero-order valence-corrected chi connectivity index (χ0v) is 25.2. The number of aromatic nitrogens is 10. The van der Waals surface area contributed by atoms with E-state index in [1.165, 1.54) is 16.7 Å². The number of rotatable bonds is 11. The van der Waals surface area contributed by atoms with Gasteiger partial charge in [0.1, 0.15) is 12.2 Å². The fraction of sp³-hybridized carbons (Fsp3) is 0.423. The smallest absolute Gasteiger partial charge is 0.226 e. The molecule has 6 rings (SSSR count). The molecule has 17 heteroatoms. The van der Waals surface area contributed by atoms with E-state index in [2.05, 4.69) is 48.1 Å². The van der Waals surface area contributed by atoms with Gasteiger partial charge in [-0.2, -0.15) is 14.8 Å². The van der Waals surface area contributed by atoms with Crippen molar-refractivity contribution in [3.63, 3.8) is 0 Å². The van der Waals surface area contributed by atoms with Crippen molar-refractivity contribution in [3.05, 3.63) is 66.3 Å². The number of tetrazole rings is 1. The van der Waals surface area contributed by atoms with E-state index >= 15 is 0 Å². The van der Waals surface area contributed by atoms with Crippen molar-refractivity contribution in [2.24, 2.45) is 7.05 Å². The highest BCUT2D eigenvalue weighted by Crippen LogP contribution is 2.39. The number of hydrogen-bond donors (Lipinski definition) is 4. The Bertz CT molecular complexity index is 1610. The molecule has 0 bridgehead atoms. The minimum atomic E-state index is -1.28. The van der Waals surface area contributed by atoms with Crippen molar-refractivity contribution in [3.8, 4) is 0 Å². The van der Waals surface area contributed by atoms with Crippen molar-refractivity contribution >= 4 is 47.7 Å². The van der Waals surface area contributed by atoms with Crippen LogP contribution >= 0.6 is 24.8 Å². The molecule has 1 aliphatic rings. The molecule has 0 unspecified atom stereocenters. The number of hydrogen-bond acceptors (Lipinski definition) is 12. The number of anilines is 2. The first-order valence-electron chi connectivity index (χ1n) is 13.5. The number of ether oxygens (including phenoxy) is 1. The topological polar surface area (TPSA) is 179 Å². The summed E-state index contributed by atoms with van der Waals surface area (Å²) in [6.07, 6.45) is 2.23. The number of halogens is 2. The van der Waals surface area contributed by atoms with Crippen molar-refractivity contribution in [2.75, 3.05) is 23.7 Å². The molecule has 15 nitrogen and oxygen atoms in total. The largest absolute Gasteiger partial charge is 0.387 e. The first-order chi connectivity index (χ1) is 20.0. The van der Waals surface area contributed by atoms with Gasteiger partial charge in [-0.3, -0.25) is 4.57 Å². The quantitative estimate of drug-likeness (QED) is 0.166. The predicted molar refractivity (Wildman–Crippen MR) is 162 cm³/mol. The van der Waals surface area contributed by atoms with Crippen LogP contribution in [0.1, 0.15) is 36.3 Å². The second kappa shape index (κ2) is 14.1. The molecule has 5 heterocycles. The van der Waals surface area contributed by atoms with Gasteiger partial charge < -0.3 is 30.2 Å². The molecule has 1 aromatic carbocycles. The van der Waals surface area contributed by atoms with Crippen LogP contribution in [0.4, 0.5) is 11.8 Å². The van der Waals surface area contributed by atoms with Gasteiger partial charge in [-0.1, -0.05) is 30.3 Å². The number of benzene rings is 1. The van der Waals surface area contributed by atoms with Crippen LogP contribution in [0.25, 0.3) is 11.2 Å². The highest BCUT2D eigenvalue weighted by molar-refractivity contribution is 5.86. The van der Waals surface area contributed by atoms with E-state index in [9.17, 15) is 10.2 Å². The lowest BCUT2D eigenvalue weighted by Gasteiger charge is -2.17. The van der Waals surface area contributed by atoms with Crippen LogP contribution in [-0.4, -0.2) is 84.8 Å². The molecule has 1 fully saturated rings. The lowest BCUT2D eigenvalue weighted by molar-refractivity contribution is -0.0384. The van der Waals surface area contributed by atoms with E-state index in [1.54, 1.807) is 10.9 Å². The van der Waals surface area contributed by atoms with Gasteiger partial charge in [0.2, 0.25) is 11.8 Å². The molecule has 0 radical (unpaired) electrons. The highest BCUT2D eigenvalue weighted by atomic mass is 35.5. The van der Waals surface area contributed by atoms with E-state index in [4.69, 9.17) is 14.7 Å².